The Morgan fingerprint density at radius 1 is 1.36 bits per heavy atom. The number of hydrogen-bond donors (Lipinski definition) is 1. The summed E-state index contributed by atoms with van der Waals surface area (Å²) in [4.78, 5) is 18.6. The van der Waals surface area contributed by atoms with Crippen molar-refractivity contribution in [2.24, 2.45) is 5.92 Å². The third-order valence-electron chi connectivity index (χ3n) is 4.57. The van der Waals surface area contributed by atoms with E-state index in [4.69, 9.17) is 4.74 Å². The number of ether oxygens (including phenoxy) is 1. The zero-order valence-electron chi connectivity index (χ0n) is 14.0. The van der Waals surface area contributed by atoms with Gasteiger partial charge in [0.15, 0.2) is 0 Å². The lowest BCUT2D eigenvalue weighted by molar-refractivity contribution is -0.121. The zero-order valence-corrected chi connectivity index (χ0v) is 14.0. The molecule has 1 aromatic heterocycles. The third kappa shape index (κ3) is 4.04. The number of halogens is 2. The Balaban J connectivity index is 1.69. The summed E-state index contributed by atoms with van der Waals surface area (Å²) in [5.74, 6) is 0.406. The van der Waals surface area contributed by atoms with Crippen molar-refractivity contribution in [3.63, 3.8) is 0 Å². The van der Waals surface area contributed by atoms with E-state index in [-0.39, 0.29) is 18.4 Å². The highest BCUT2D eigenvalue weighted by molar-refractivity contribution is 6.03. The third-order valence-corrected chi connectivity index (χ3v) is 4.57. The summed E-state index contributed by atoms with van der Waals surface area (Å²) in [6, 6.07) is 7.26. The largest absolute Gasteiger partial charge is 0.494 e. The number of fused-ring (bicyclic) bond motifs is 1. The van der Waals surface area contributed by atoms with Gasteiger partial charge in [-0.2, -0.15) is 0 Å². The van der Waals surface area contributed by atoms with E-state index in [9.17, 15) is 13.6 Å². The van der Waals surface area contributed by atoms with Gasteiger partial charge in [0.25, 0.3) is 6.43 Å². The number of hydrogen-bond acceptors (Lipinski definition) is 4. The van der Waals surface area contributed by atoms with Gasteiger partial charge in [-0.15, -0.1) is 0 Å². The van der Waals surface area contributed by atoms with E-state index in [0.717, 1.165) is 5.39 Å². The molecule has 7 heteroatoms. The molecule has 1 fully saturated rings. The van der Waals surface area contributed by atoms with Crippen LogP contribution in [0.2, 0.25) is 0 Å². The smallest absolute Gasteiger partial charge is 0.251 e. The summed E-state index contributed by atoms with van der Waals surface area (Å²) in [5.41, 5.74) is 1.37. The number of alkyl halides is 2. The van der Waals surface area contributed by atoms with Crippen LogP contribution in [0.25, 0.3) is 10.9 Å². The summed E-state index contributed by atoms with van der Waals surface area (Å²) < 4.78 is 30.2. The highest BCUT2D eigenvalue weighted by Crippen LogP contribution is 2.30. The molecule has 0 unspecified atom stereocenters. The van der Waals surface area contributed by atoms with Crippen molar-refractivity contribution in [1.82, 2.24) is 9.88 Å². The van der Waals surface area contributed by atoms with E-state index in [0.29, 0.717) is 42.9 Å². The summed E-state index contributed by atoms with van der Waals surface area (Å²) in [6.45, 7) is 0.823. The molecule has 1 aromatic carbocycles. The van der Waals surface area contributed by atoms with E-state index in [1.54, 1.807) is 36.4 Å². The van der Waals surface area contributed by atoms with Gasteiger partial charge < -0.3 is 10.1 Å². The predicted octanol–water partition coefficient (Wildman–Crippen LogP) is 3.16. The first kappa shape index (κ1) is 17.5. The fourth-order valence-electron chi connectivity index (χ4n) is 3.23. The van der Waals surface area contributed by atoms with Crippen LogP contribution in [-0.2, 0) is 4.79 Å². The van der Waals surface area contributed by atoms with E-state index < -0.39 is 6.43 Å². The highest BCUT2D eigenvalue weighted by atomic mass is 19.3. The fourth-order valence-corrected chi connectivity index (χ4v) is 3.23. The molecular formula is C18H21F2N3O2. The molecule has 5 nitrogen and oxygen atoms in total. The average molecular weight is 349 g/mol. The summed E-state index contributed by atoms with van der Waals surface area (Å²) in [6.07, 6.45) is 0.522. The second-order valence-electron chi connectivity index (χ2n) is 6.17. The predicted molar refractivity (Wildman–Crippen MR) is 92.1 cm³/mol. The first-order valence-electron chi connectivity index (χ1n) is 8.31. The van der Waals surface area contributed by atoms with Crippen LogP contribution in [0.3, 0.4) is 0 Å². The number of carbonyl (C=O) groups is 1. The standard InChI is InChI=1S/C18H21F2N3O2/c1-25-15-5-4-14(13-3-2-8-21-17(13)15)22-18(24)12-6-9-23(10-7-12)11-16(19)20/h2-5,8,12,16H,6-7,9-11H2,1H3,(H,22,24). The Hall–Kier alpha value is -2.28. The molecule has 1 saturated heterocycles. The Labute approximate surface area is 145 Å². The van der Waals surface area contributed by atoms with Crippen molar-refractivity contribution in [1.29, 1.82) is 0 Å². The number of piperidine rings is 1. The monoisotopic (exact) mass is 349 g/mol. The molecule has 2 aromatic rings. The first-order chi connectivity index (χ1) is 12.1. The molecule has 1 amide bonds. The maximum absolute atomic E-state index is 12.6. The van der Waals surface area contributed by atoms with Crippen LogP contribution in [0.4, 0.5) is 14.5 Å². The van der Waals surface area contributed by atoms with Gasteiger partial charge in [-0.1, -0.05) is 0 Å². The molecule has 0 aliphatic carbocycles. The highest BCUT2D eigenvalue weighted by Gasteiger charge is 2.26. The molecule has 1 aliphatic rings. The van der Waals surface area contributed by atoms with Crippen LogP contribution in [-0.4, -0.2) is 49.0 Å². The van der Waals surface area contributed by atoms with E-state index in [2.05, 4.69) is 10.3 Å². The number of nitrogens with one attached hydrogen (secondary N) is 1. The lowest BCUT2D eigenvalue weighted by atomic mass is 9.95. The van der Waals surface area contributed by atoms with Crippen molar-refractivity contribution in [2.75, 3.05) is 32.1 Å². The number of anilines is 1. The minimum atomic E-state index is -2.33. The molecule has 1 N–H and O–H groups in total. The van der Waals surface area contributed by atoms with Crippen LogP contribution in [0.15, 0.2) is 30.5 Å². The maximum Gasteiger partial charge on any atom is 0.251 e. The molecule has 2 heterocycles. The fraction of sp³-hybridized carbons (Fsp3) is 0.444. The van der Waals surface area contributed by atoms with Gasteiger partial charge in [0.05, 0.1) is 19.3 Å². The molecule has 1 aliphatic heterocycles. The van der Waals surface area contributed by atoms with Crippen LogP contribution in [0, 0.1) is 5.92 Å². The zero-order chi connectivity index (χ0) is 17.8. The van der Waals surface area contributed by atoms with Crippen molar-refractivity contribution >= 4 is 22.5 Å². The second kappa shape index (κ2) is 7.74. The number of amides is 1. The Bertz CT molecular complexity index is 746. The Morgan fingerprint density at radius 2 is 2.12 bits per heavy atom. The molecule has 0 bridgehead atoms. The van der Waals surface area contributed by atoms with Gasteiger partial charge >= 0.3 is 0 Å². The van der Waals surface area contributed by atoms with Crippen LogP contribution >= 0.6 is 0 Å². The lowest BCUT2D eigenvalue weighted by Crippen LogP contribution is -2.40. The van der Waals surface area contributed by atoms with Crippen LogP contribution < -0.4 is 10.1 Å². The number of methoxy groups -OCH3 is 1. The molecule has 0 atom stereocenters. The van der Waals surface area contributed by atoms with Crippen molar-refractivity contribution in [3.05, 3.63) is 30.5 Å². The van der Waals surface area contributed by atoms with Gasteiger partial charge in [0, 0.05) is 17.5 Å². The average Bonchev–Trinajstić information content (AvgIpc) is 2.62. The molecule has 134 valence electrons. The molecule has 0 saturated carbocycles. The molecular weight excluding hydrogens is 328 g/mol. The number of nitrogens with zero attached hydrogens (tertiary/aromatic N) is 2. The minimum Gasteiger partial charge on any atom is -0.494 e. The number of benzene rings is 1. The van der Waals surface area contributed by atoms with Gasteiger partial charge in [-0.25, -0.2) is 8.78 Å². The summed E-state index contributed by atoms with van der Waals surface area (Å²) >= 11 is 0. The van der Waals surface area contributed by atoms with Gasteiger partial charge in [0.1, 0.15) is 11.3 Å². The molecule has 0 spiro atoms. The van der Waals surface area contributed by atoms with E-state index >= 15 is 0 Å². The summed E-state index contributed by atoms with van der Waals surface area (Å²) in [5, 5.41) is 3.77. The number of rotatable bonds is 5. The quantitative estimate of drug-likeness (QED) is 0.901. The number of aromatic nitrogens is 1. The second-order valence-corrected chi connectivity index (χ2v) is 6.17. The number of likely N-dealkylation sites (tertiary alicyclic amines) is 1. The van der Waals surface area contributed by atoms with Crippen LogP contribution in [0.1, 0.15) is 12.8 Å². The first-order valence-corrected chi connectivity index (χ1v) is 8.31. The molecule has 0 radical (unpaired) electrons. The number of pyridine rings is 1. The van der Waals surface area contributed by atoms with Gasteiger partial charge in [0.2, 0.25) is 5.91 Å². The Morgan fingerprint density at radius 3 is 2.80 bits per heavy atom. The maximum atomic E-state index is 12.6. The van der Waals surface area contributed by atoms with Gasteiger partial charge in [-0.05, 0) is 50.2 Å². The van der Waals surface area contributed by atoms with Crippen molar-refractivity contribution in [2.45, 2.75) is 19.3 Å². The van der Waals surface area contributed by atoms with E-state index in [1.807, 2.05) is 6.07 Å². The minimum absolute atomic E-state index is 0.0768. The van der Waals surface area contributed by atoms with Gasteiger partial charge in [-0.3, -0.25) is 14.7 Å². The normalized spacial score (nSPS) is 16.3. The van der Waals surface area contributed by atoms with Crippen molar-refractivity contribution < 1.29 is 18.3 Å². The topological polar surface area (TPSA) is 54.5 Å². The lowest BCUT2D eigenvalue weighted by Gasteiger charge is -2.30. The summed E-state index contributed by atoms with van der Waals surface area (Å²) in [7, 11) is 1.58. The Kier molecular flexibility index (Phi) is 5.43. The van der Waals surface area contributed by atoms with Crippen LogP contribution in [0.5, 0.6) is 5.75 Å². The number of carbonyl (C=O) groups excluding carboxylic acids is 1. The van der Waals surface area contributed by atoms with Crippen molar-refractivity contribution in [3.8, 4) is 5.75 Å². The molecule has 25 heavy (non-hydrogen) atoms. The van der Waals surface area contributed by atoms with E-state index in [1.165, 1.54) is 0 Å². The SMILES string of the molecule is COc1ccc(NC(=O)C2CCN(CC(F)F)CC2)c2cccnc12. The molecule has 3 rings (SSSR count).